The summed E-state index contributed by atoms with van der Waals surface area (Å²) in [7, 11) is 0. The minimum absolute atomic E-state index is 0.0266. The maximum Gasteiger partial charge on any atom is 0.343 e. The van der Waals surface area contributed by atoms with Crippen LogP contribution in [-0.4, -0.2) is 5.11 Å². The number of aromatic hydroxyl groups is 1. The molecule has 0 spiro atoms. The molecular weight excluding hydrogens is 336 g/mol. The Morgan fingerprint density at radius 2 is 1.26 bits per heavy atom. The van der Waals surface area contributed by atoms with Gasteiger partial charge in [0, 0.05) is 5.92 Å². The predicted octanol–water partition coefficient (Wildman–Crippen LogP) is 5.07. The van der Waals surface area contributed by atoms with Gasteiger partial charge in [-0.3, -0.25) is 0 Å². The summed E-state index contributed by atoms with van der Waals surface area (Å²) >= 11 is 0. The van der Waals surface area contributed by atoms with Crippen molar-refractivity contribution in [1.29, 1.82) is 0 Å². The van der Waals surface area contributed by atoms with E-state index >= 15 is 0 Å². The fourth-order valence-corrected chi connectivity index (χ4v) is 3.58. The molecule has 1 N–H and O–H groups in total. The molecule has 0 aliphatic carbocycles. The number of hydrogen-bond donors (Lipinski definition) is 1. The van der Waals surface area contributed by atoms with Gasteiger partial charge in [-0.15, -0.1) is 0 Å². The largest absolute Gasteiger partial charge is 0.507 e. The van der Waals surface area contributed by atoms with Crippen molar-refractivity contribution in [3.05, 3.63) is 112 Å². The van der Waals surface area contributed by atoms with Crippen LogP contribution in [-0.2, 0) is 12.8 Å². The van der Waals surface area contributed by atoms with E-state index in [2.05, 4.69) is 0 Å². The van der Waals surface area contributed by atoms with Crippen molar-refractivity contribution in [2.24, 2.45) is 0 Å². The first-order valence-electron chi connectivity index (χ1n) is 9.05. The maximum absolute atomic E-state index is 12.7. The third-order valence-corrected chi connectivity index (χ3v) is 4.88. The molecule has 134 valence electrons. The molecule has 1 heterocycles. The summed E-state index contributed by atoms with van der Waals surface area (Å²) in [5.74, 6) is -0.158. The van der Waals surface area contributed by atoms with Crippen molar-refractivity contribution in [1.82, 2.24) is 0 Å². The maximum atomic E-state index is 12.7. The average Bonchev–Trinajstić information content (AvgIpc) is 2.69. The van der Waals surface area contributed by atoms with E-state index in [0.717, 1.165) is 11.1 Å². The van der Waals surface area contributed by atoms with Crippen LogP contribution >= 0.6 is 0 Å². The SMILES string of the molecule is O=c1oc2ccccc2c(O)c1C(Cc1ccccc1)Cc1ccccc1. The molecule has 0 fully saturated rings. The zero-order chi connectivity index (χ0) is 18.6. The summed E-state index contributed by atoms with van der Waals surface area (Å²) in [6.07, 6.45) is 1.29. The molecule has 0 saturated heterocycles. The summed E-state index contributed by atoms with van der Waals surface area (Å²) in [4.78, 5) is 12.7. The zero-order valence-electron chi connectivity index (χ0n) is 14.8. The Balaban J connectivity index is 1.82. The quantitative estimate of drug-likeness (QED) is 0.508. The lowest BCUT2D eigenvalue weighted by Crippen LogP contribution is -2.17. The minimum atomic E-state index is -0.469. The van der Waals surface area contributed by atoms with E-state index in [1.165, 1.54) is 0 Å². The number of rotatable bonds is 5. The van der Waals surface area contributed by atoms with Crippen molar-refractivity contribution in [3.63, 3.8) is 0 Å². The van der Waals surface area contributed by atoms with Crippen LogP contribution in [0.5, 0.6) is 5.75 Å². The van der Waals surface area contributed by atoms with Gasteiger partial charge < -0.3 is 9.52 Å². The van der Waals surface area contributed by atoms with Crippen LogP contribution in [0.4, 0.5) is 0 Å². The molecule has 0 saturated carbocycles. The second kappa shape index (κ2) is 7.50. The Labute approximate surface area is 157 Å². The van der Waals surface area contributed by atoms with Crippen LogP contribution in [0.1, 0.15) is 22.6 Å². The molecule has 0 aliphatic rings. The van der Waals surface area contributed by atoms with Gasteiger partial charge in [0.05, 0.1) is 10.9 Å². The normalized spacial score (nSPS) is 11.1. The highest BCUT2D eigenvalue weighted by atomic mass is 16.4. The first-order chi connectivity index (χ1) is 13.2. The van der Waals surface area contributed by atoms with Gasteiger partial charge in [-0.1, -0.05) is 72.8 Å². The highest BCUT2D eigenvalue weighted by Crippen LogP contribution is 2.34. The molecule has 27 heavy (non-hydrogen) atoms. The van der Waals surface area contributed by atoms with E-state index in [1.54, 1.807) is 18.2 Å². The smallest absolute Gasteiger partial charge is 0.343 e. The minimum Gasteiger partial charge on any atom is -0.507 e. The van der Waals surface area contributed by atoms with Gasteiger partial charge in [-0.25, -0.2) is 4.79 Å². The first kappa shape index (κ1) is 17.1. The monoisotopic (exact) mass is 356 g/mol. The molecule has 3 nitrogen and oxygen atoms in total. The van der Waals surface area contributed by atoms with Crippen molar-refractivity contribution in [3.8, 4) is 5.75 Å². The van der Waals surface area contributed by atoms with Gasteiger partial charge in [0.1, 0.15) is 11.3 Å². The van der Waals surface area contributed by atoms with Gasteiger partial charge >= 0.3 is 5.63 Å². The highest BCUT2D eigenvalue weighted by molar-refractivity contribution is 5.84. The van der Waals surface area contributed by atoms with Crippen molar-refractivity contribution < 1.29 is 9.52 Å². The third-order valence-electron chi connectivity index (χ3n) is 4.88. The van der Waals surface area contributed by atoms with Crippen molar-refractivity contribution >= 4 is 11.0 Å². The fraction of sp³-hybridized carbons (Fsp3) is 0.125. The van der Waals surface area contributed by atoms with E-state index in [4.69, 9.17) is 4.42 Å². The van der Waals surface area contributed by atoms with Crippen molar-refractivity contribution in [2.75, 3.05) is 0 Å². The highest BCUT2D eigenvalue weighted by Gasteiger charge is 2.23. The van der Waals surface area contributed by atoms with Crippen LogP contribution in [0.15, 0.2) is 94.1 Å². The van der Waals surface area contributed by atoms with Gasteiger partial charge in [0.2, 0.25) is 0 Å². The van der Waals surface area contributed by atoms with Crippen LogP contribution in [0.3, 0.4) is 0 Å². The molecule has 0 aliphatic heterocycles. The van der Waals surface area contributed by atoms with Gasteiger partial charge in [0.15, 0.2) is 0 Å². The molecule has 3 aromatic carbocycles. The zero-order valence-corrected chi connectivity index (χ0v) is 14.8. The molecule has 3 heteroatoms. The van der Waals surface area contributed by atoms with Gasteiger partial charge in [-0.05, 0) is 36.1 Å². The topological polar surface area (TPSA) is 50.4 Å². The molecule has 0 unspecified atom stereocenters. The Morgan fingerprint density at radius 3 is 1.85 bits per heavy atom. The van der Waals surface area contributed by atoms with Crippen LogP contribution in [0, 0.1) is 0 Å². The second-order valence-electron chi connectivity index (χ2n) is 6.72. The molecule has 0 atom stereocenters. The Morgan fingerprint density at radius 1 is 0.741 bits per heavy atom. The lowest BCUT2D eigenvalue weighted by Gasteiger charge is -2.18. The van der Waals surface area contributed by atoms with E-state index < -0.39 is 5.63 Å². The van der Waals surface area contributed by atoms with Crippen LogP contribution in [0.25, 0.3) is 11.0 Å². The second-order valence-corrected chi connectivity index (χ2v) is 6.72. The molecule has 4 aromatic rings. The summed E-state index contributed by atoms with van der Waals surface area (Å²) in [5, 5.41) is 11.5. The Bertz CT molecular complexity index is 1060. The molecule has 0 bridgehead atoms. The van der Waals surface area contributed by atoms with Crippen LogP contribution in [0.2, 0.25) is 0 Å². The number of hydrogen-bond acceptors (Lipinski definition) is 3. The molecule has 0 amide bonds. The summed E-state index contributed by atoms with van der Waals surface area (Å²) in [6, 6.07) is 27.1. The first-order valence-corrected chi connectivity index (χ1v) is 9.05. The van der Waals surface area contributed by atoms with E-state index in [1.807, 2.05) is 66.7 Å². The van der Waals surface area contributed by atoms with Gasteiger partial charge in [0.25, 0.3) is 0 Å². The standard InChI is InChI=1S/C24H20O3/c25-23-20-13-7-8-14-21(20)27-24(26)22(23)19(15-17-9-3-1-4-10-17)16-18-11-5-2-6-12-18/h1-14,19,25H,15-16H2. The summed E-state index contributed by atoms with van der Waals surface area (Å²) in [6.45, 7) is 0. The number of para-hydroxylation sites is 1. The lowest BCUT2D eigenvalue weighted by atomic mass is 9.86. The summed E-state index contributed by atoms with van der Waals surface area (Å²) < 4.78 is 5.51. The summed E-state index contributed by atoms with van der Waals surface area (Å²) in [5.41, 5.74) is 2.52. The van der Waals surface area contributed by atoms with E-state index in [0.29, 0.717) is 29.4 Å². The van der Waals surface area contributed by atoms with Gasteiger partial charge in [-0.2, -0.15) is 0 Å². The lowest BCUT2D eigenvalue weighted by molar-refractivity contribution is 0.444. The van der Waals surface area contributed by atoms with E-state index in [9.17, 15) is 9.90 Å². The Hall–Kier alpha value is -3.33. The molecule has 4 rings (SSSR count). The van der Waals surface area contributed by atoms with Crippen molar-refractivity contribution in [2.45, 2.75) is 18.8 Å². The predicted molar refractivity (Wildman–Crippen MR) is 107 cm³/mol. The average molecular weight is 356 g/mol. The molecular formula is C24H20O3. The number of benzene rings is 3. The third kappa shape index (κ3) is 3.63. The molecule has 0 radical (unpaired) electrons. The Kier molecular flexibility index (Phi) is 4.75. The van der Waals surface area contributed by atoms with E-state index in [-0.39, 0.29) is 11.7 Å². The molecule has 1 aromatic heterocycles. The number of fused-ring (bicyclic) bond motifs is 1. The van der Waals surface area contributed by atoms with Crippen LogP contribution < -0.4 is 5.63 Å². The fourth-order valence-electron chi connectivity index (χ4n) is 3.58.